The first-order valence-electron chi connectivity index (χ1n) is 5.65. The average Bonchev–Trinajstić information content (AvgIpc) is 2.57. The zero-order chi connectivity index (χ0) is 15.7. The lowest BCUT2D eigenvalue weighted by atomic mass is 10.1. The molecule has 0 spiro atoms. The van der Waals surface area contributed by atoms with Crippen molar-refractivity contribution < 1.29 is 18.3 Å². The molecule has 0 aliphatic rings. The summed E-state index contributed by atoms with van der Waals surface area (Å²) >= 11 is 10.1. The molecule has 0 aliphatic carbocycles. The summed E-state index contributed by atoms with van der Waals surface area (Å²) in [7, 11) is -3.78. The summed E-state index contributed by atoms with van der Waals surface area (Å²) in [6, 6.07) is 1.37. The van der Waals surface area contributed by atoms with E-state index in [-0.39, 0.29) is 17.2 Å². The van der Waals surface area contributed by atoms with Crippen LogP contribution in [0.15, 0.2) is 14.1 Å². The van der Waals surface area contributed by atoms with Gasteiger partial charge in [0, 0.05) is 12.1 Å². The van der Waals surface area contributed by atoms with Crippen molar-refractivity contribution in [3.8, 4) is 0 Å². The maximum absolute atomic E-state index is 12.6. The third-order valence-electron chi connectivity index (χ3n) is 2.44. The zero-order valence-corrected chi connectivity index (χ0v) is 15.2. The molecule has 0 saturated heterocycles. The van der Waals surface area contributed by atoms with Crippen molar-refractivity contribution in [2.75, 3.05) is 6.54 Å². The predicted molar refractivity (Wildman–Crippen MR) is 82.9 cm³/mol. The molecule has 1 rings (SSSR count). The van der Waals surface area contributed by atoms with Gasteiger partial charge in [-0.3, -0.25) is 4.79 Å². The average molecular weight is 405 g/mol. The third-order valence-corrected chi connectivity index (χ3v) is 7.53. The molecule has 0 bridgehead atoms. The highest BCUT2D eigenvalue weighted by atomic mass is 79.9. The fourth-order valence-corrected chi connectivity index (χ4v) is 5.88. The Morgan fingerprint density at radius 1 is 1.50 bits per heavy atom. The smallest absolute Gasteiger partial charge is 0.304 e. The number of carbonyl (C=O) groups is 1. The Morgan fingerprint density at radius 2 is 2.05 bits per heavy atom. The summed E-state index contributed by atoms with van der Waals surface area (Å²) in [6.07, 6.45) is -0.253. The number of rotatable bonds is 5. The van der Waals surface area contributed by atoms with Crippen LogP contribution in [0.5, 0.6) is 0 Å². The molecule has 1 aromatic heterocycles. The topological polar surface area (TPSA) is 74.7 Å². The van der Waals surface area contributed by atoms with Crippen LogP contribution in [-0.4, -0.2) is 35.9 Å². The van der Waals surface area contributed by atoms with Gasteiger partial charge in [-0.15, -0.1) is 11.3 Å². The van der Waals surface area contributed by atoms with E-state index < -0.39 is 21.5 Å². The number of halogens is 2. The van der Waals surface area contributed by atoms with E-state index in [4.69, 9.17) is 16.7 Å². The van der Waals surface area contributed by atoms with Crippen molar-refractivity contribution >= 4 is 54.9 Å². The number of nitrogens with zero attached hydrogens (tertiary/aromatic N) is 1. The molecule has 0 atom stereocenters. The van der Waals surface area contributed by atoms with E-state index in [2.05, 4.69) is 15.9 Å². The van der Waals surface area contributed by atoms with E-state index in [1.54, 1.807) is 20.8 Å². The Morgan fingerprint density at radius 3 is 2.40 bits per heavy atom. The fraction of sp³-hybridized carbons (Fsp3) is 0.545. The molecule has 0 aromatic carbocycles. The molecule has 0 radical (unpaired) electrons. The number of hydrogen-bond donors (Lipinski definition) is 1. The highest BCUT2D eigenvalue weighted by molar-refractivity contribution is 9.11. The van der Waals surface area contributed by atoms with Gasteiger partial charge in [-0.1, -0.05) is 11.6 Å². The summed E-state index contributed by atoms with van der Waals surface area (Å²) in [5.74, 6) is -1.04. The van der Waals surface area contributed by atoms with E-state index in [1.807, 2.05) is 0 Å². The lowest BCUT2D eigenvalue weighted by Gasteiger charge is -2.33. The minimum absolute atomic E-state index is 0.0890. The van der Waals surface area contributed by atoms with Crippen LogP contribution >= 0.6 is 38.9 Å². The largest absolute Gasteiger partial charge is 0.481 e. The highest BCUT2D eigenvalue weighted by Crippen LogP contribution is 2.37. The summed E-state index contributed by atoms with van der Waals surface area (Å²) in [5, 5.41) is 9.09. The van der Waals surface area contributed by atoms with Crippen molar-refractivity contribution in [3.05, 3.63) is 14.9 Å². The first-order chi connectivity index (χ1) is 8.96. The summed E-state index contributed by atoms with van der Waals surface area (Å²) < 4.78 is 27.0. The van der Waals surface area contributed by atoms with E-state index in [9.17, 15) is 13.2 Å². The maximum Gasteiger partial charge on any atom is 0.304 e. The molecule has 114 valence electrons. The first kappa shape index (κ1) is 17.9. The van der Waals surface area contributed by atoms with E-state index >= 15 is 0 Å². The molecule has 1 aromatic rings. The summed E-state index contributed by atoms with van der Waals surface area (Å²) in [4.78, 5) is 10.7. The van der Waals surface area contributed by atoms with Gasteiger partial charge in [-0.05, 0) is 42.8 Å². The molecule has 0 fully saturated rings. The lowest BCUT2D eigenvalue weighted by molar-refractivity contribution is -0.137. The molecule has 0 saturated carbocycles. The highest BCUT2D eigenvalue weighted by Gasteiger charge is 2.35. The number of thiophene rings is 1. The SMILES string of the molecule is CC(C)(C)N(CCC(=O)O)S(=O)(=O)c1cc(Cl)c(Br)s1. The second-order valence-corrected chi connectivity index (χ2v) is 9.95. The fourth-order valence-electron chi connectivity index (χ4n) is 1.58. The molecule has 20 heavy (non-hydrogen) atoms. The Hall–Kier alpha value is -0.150. The molecular weight excluding hydrogens is 390 g/mol. The molecule has 1 heterocycles. The third kappa shape index (κ3) is 4.17. The van der Waals surface area contributed by atoms with Crippen LogP contribution in [0, 0.1) is 0 Å². The zero-order valence-electron chi connectivity index (χ0n) is 11.2. The second kappa shape index (κ2) is 6.31. The van der Waals surface area contributed by atoms with Gasteiger partial charge in [0.25, 0.3) is 10.0 Å². The van der Waals surface area contributed by atoms with Crippen molar-refractivity contribution in [1.29, 1.82) is 0 Å². The van der Waals surface area contributed by atoms with Crippen molar-refractivity contribution in [1.82, 2.24) is 4.31 Å². The summed E-state index contributed by atoms with van der Waals surface area (Å²) in [6.45, 7) is 5.07. The summed E-state index contributed by atoms with van der Waals surface area (Å²) in [5.41, 5.74) is -0.725. The van der Waals surface area contributed by atoms with E-state index in [0.717, 1.165) is 11.3 Å². The molecular formula is C11H15BrClNO4S2. The predicted octanol–water partition coefficient (Wildman–Crippen LogP) is 3.43. The Bertz CT molecular complexity index is 587. The minimum atomic E-state index is -3.78. The maximum atomic E-state index is 12.6. The number of carboxylic acids is 1. The Kier molecular flexibility index (Phi) is 5.65. The number of hydrogen-bond acceptors (Lipinski definition) is 4. The van der Waals surface area contributed by atoms with Crippen LogP contribution in [0.3, 0.4) is 0 Å². The minimum Gasteiger partial charge on any atom is -0.481 e. The molecule has 5 nitrogen and oxygen atoms in total. The van der Waals surface area contributed by atoms with Crippen molar-refractivity contribution in [2.45, 2.75) is 36.9 Å². The molecule has 1 N–H and O–H groups in total. The van der Waals surface area contributed by atoms with E-state index in [0.29, 0.717) is 8.81 Å². The van der Waals surface area contributed by atoms with Crippen LogP contribution in [0.2, 0.25) is 5.02 Å². The quantitative estimate of drug-likeness (QED) is 0.816. The van der Waals surface area contributed by atoms with Crippen LogP contribution in [0.1, 0.15) is 27.2 Å². The second-order valence-electron chi connectivity index (χ2n) is 5.08. The molecule has 9 heteroatoms. The van der Waals surface area contributed by atoms with Gasteiger partial charge >= 0.3 is 5.97 Å². The van der Waals surface area contributed by atoms with Crippen LogP contribution in [-0.2, 0) is 14.8 Å². The van der Waals surface area contributed by atoms with Crippen LogP contribution < -0.4 is 0 Å². The van der Waals surface area contributed by atoms with Gasteiger partial charge < -0.3 is 5.11 Å². The van der Waals surface area contributed by atoms with Gasteiger partial charge in [-0.2, -0.15) is 4.31 Å². The molecule has 0 unspecified atom stereocenters. The van der Waals surface area contributed by atoms with Gasteiger partial charge in [0.05, 0.1) is 15.2 Å². The van der Waals surface area contributed by atoms with E-state index in [1.165, 1.54) is 10.4 Å². The lowest BCUT2D eigenvalue weighted by Crippen LogP contribution is -2.46. The normalized spacial score (nSPS) is 12.9. The van der Waals surface area contributed by atoms with Crippen molar-refractivity contribution in [3.63, 3.8) is 0 Å². The standard InChI is InChI=1S/C11H15BrClNO4S2/c1-11(2,3)14(5-4-8(15)16)20(17,18)9-6-7(13)10(12)19-9/h6H,4-5H2,1-3H3,(H,15,16). The van der Waals surface area contributed by atoms with Gasteiger partial charge in [-0.25, -0.2) is 8.42 Å². The van der Waals surface area contributed by atoms with Gasteiger partial charge in [0.15, 0.2) is 0 Å². The first-order valence-corrected chi connectivity index (χ1v) is 9.08. The molecule has 0 aliphatic heterocycles. The van der Waals surface area contributed by atoms with Crippen LogP contribution in [0.4, 0.5) is 0 Å². The monoisotopic (exact) mass is 403 g/mol. The van der Waals surface area contributed by atoms with Crippen LogP contribution in [0.25, 0.3) is 0 Å². The number of aliphatic carboxylic acids is 1. The Labute approximate surface area is 135 Å². The molecule has 0 amide bonds. The van der Waals surface area contributed by atoms with Crippen molar-refractivity contribution in [2.24, 2.45) is 0 Å². The number of sulfonamides is 1. The number of carboxylic acid groups (broad SMARTS) is 1. The Balaban J connectivity index is 3.21. The van der Waals surface area contributed by atoms with Gasteiger partial charge in [0.2, 0.25) is 0 Å². The van der Waals surface area contributed by atoms with Gasteiger partial charge in [0.1, 0.15) is 4.21 Å².